The monoisotopic (exact) mass is 666 g/mol. The SMILES string of the molecule is Br.CCCCCCCCCCCCCCCCOc1ccc(CN(C(C)=O)c2ccc(CC3(C)CN=CC=C3C)cc2)cc1. The Morgan fingerprint density at radius 1 is 0.795 bits per heavy atom. The van der Waals surface area contributed by atoms with E-state index in [2.05, 4.69) is 68.2 Å². The van der Waals surface area contributed by atoms with Crippen LogP contribution in [0.25, 0.3) is 0 Å². The molecule has 1 aliphatic rings. The first-order chi connectivity index (χ1) is 20.9. The van der Waals surface area contributed by atoms with E-state index in [9.17, 15) is 4.79 Å². The van der Waals surface area contributed by atoms with E-state index in [0.717, 1.165) is 43.0 Å². The molecule has 2 aromatic rings. The fourth-order valence-electron chi connectivity index (χ4n) is 5.93. The zero-order valence-electron chi connectivity index (χ0n) is 28.1. The van der Waals surface area contributed by atoms with Gasteiger partial charge in [0, 0.05) is 30.8 Å². The molecule has 0 aliphatic carbocycles. The number of nitrogens with zero attached hydrogens (tertiary/aromatic N) is 2. The highest BCUT2D eigenvalue weighted by molar-refractivity contribution is 8.93. The van der Waals surface area contributed by atoms with Crippen LogP contribution in [0.3, 0.4) is 0 Å². The summed E-state index contributed by atoms with van der Waals surface area (Å²) in [6.07, 6.45) is 24.1. The van der Waals surface area contributed by atoms with E-state index in [1.807, 2.05) is 23.2 Å². The molecule has 0 bridgehead atoms. The van der Waals surface area contributed by atoms with Gasteiger partial charge >= 0.3 is 0 Å². The van der Waals surface area contributed by atoms with Crippen molar-refractivity contribution < 1.29 is 9.53 Å². The van der Waals surface area contributed by atoms with Gasteiger partial charge in [-0.3, -0.25) is 9.79 Å². The Kier molecular flexibility index (Phi) is 18.3. The van der Waals surface area contributed by atoms with Crippen LogP contribution in [0.5, 0.6) is 5.75 Å². The number of dihydropyridines is 1. The van der Waals surface area contributed by atoms with Gasteiger partial charge in [0.15, 0.2) is 0 Å². The predicted molar refractivity (Wildman–Crippen MR) is 195 cm³/mol. The summed E-state index contributed by atoms with van der Waals surface area (Å²) in [7, 11) is 0. The van der Waals surface area contributed by atoms with Gasteiger partial charge in [-0.1, -0.05) is 127 Å². The maximum Gasteiger partial charge on any atom is 0.224 e. The summed E-state index contributed by atoms with van der Waals surface area (Å²) < 4.78 is 6.00. The van der Waals surface area contributed by atoms with Crippen molar-refractivity contribution in [2.45, 2.75) is 131 Å². The summed E-state index contributed by atoms with van der Waals surface area (Å²) in [6.45, 7) is 10.5. The molecule has 4 nitrogen and oxygen atoms in total. The molecule has 0 radical (unpaired) electrons. The molecule has 0 spiro atoms. The van der Waals surface area contributed by atoms with Crippen molar-refractivity contribution >= 4 is 34.8 Å². The van der Waals surface area contributed by atoms with Crippen LogP contribution < -0.4 is 9.64 Å². The lowest BCUT2D eigenvalue weighted by Gasteiger charge is -2.31. The van der Waals surface area contributed by atoms with Crippen LogP contribution in [0, 0.1) is 5.41 Å². The first kappa shape index (κ1) is 37.8. The first-order valence-corrected chi connectivity index (χ1v) is 17.2. The summed E-state index contributed by atoms with van der Waals surface area (Å²) in [6, 6.07) is 16.6. The van der Waals surface area contributed by atoms with Crippen LogP contribution in [0.4, 0.5) is 5.69 Å². The van der Waals surface area contributed by atoms with E-state index in [1.165, 1.54) is 94.6 Å². The molecule has 44 heavy (non-hydrogen) atoms. The Bertz CT molecular complexity index is 1130. The Labute approximate surface area is 279 Å². The molecule has 0 N–H and O–H groups in total. The standard InChI is InChI=1S/C39H58N2O2.BrH/c1-5-6-7-8-9-10-11-12-13-14-15-16-17-18-29-43-38-25-21-36(22-26-38)31-41(34(3)42)37-23-19-35(20-24-37)30-39(4)32-40-28-27-33(39)2;/h19-28H,5-18,29-32H2,1-4H3;1H. The Morgan fingerprint density at radius 2 is 1.32 bits per heavy atom. The number of anilines is 1. The molecule has 244 valence electrons. The minimum atomic E-state index is 0. The topological polar surface area (TPSA) is 41.9 Å². The third-order valence-electron chi connectivity index (χ3n) is 9.08. The number of rotatable bonds is 21. The van der Waals surface area contributed by atoms with Crippen LogP contribution in [0.1, 0.15) is 129 Å². The average Bonchev–Trinajstić information content (AvgIpc) is 3.00. The van der Waals surface area contributed by atoms with Crippen LogP contribution in [0.2, 0.25) is 0 Å². The third-order valence-corrected chi connectivity index (χ3v) is 9.08. The number of unbranched alkanes of at least 4 members (excludes halogenated alkanes) is 13. The predicted octanol–water partition coefficient (Wildman–Crippen LogP) is 11.3. The fraction of sp³-hybridized carbons (Fsp3) is 0.590. The molecule has 0 fully saturated rings. The van der Waals surface area contributed by atoms with E-state index in [1.54, 1.807) is 6.92 Å². The minimum Gasteiger partial charge on any atom is -0.494 e. The number of hydrogen-bond donors (Lipinski definition) is 0. The number of carbonyl (C=O) groups excluding carboxylic acids is 1. The molecule has 0 saturated heterocycles. The van der Waals surface area contributed by atoms with Gasteiger partial charge in [-0.25, -0.2) is 0 Å². The Hall–Kier alpha value is -2.40. The molecule has 1 amide bonds. The number of amides is 1. The highest BCUT2D eigenvalue weighted by Crippen LogP contribution is 2.33. The molecule has 2 aromatic carbocycles. The quantitative estimate of drug-likeness (QED) is 0.124. The lowest BCUT2D eigenvalue weighted by molar-refractivity contribution is -0.116. The average molecular weight is 668 g/mol. The number of allylic oxidation sites excluding steroid dienone is 1. The second-order valence-corrected chi connectivity index (χ2v) is 12.9. The minimum absolute atomic E-state index is 0. The van der Waals surface area contributed by atoms with E-state index < -0.39 is 0 Å². The number of hydrogen-bond acceptors (Lipinski definition) is 3. The summed E-state index contributed by atoms with van der Waals surface area (Å²) in [5.74, 6) is 0.945. The van der Waals surface area contributed by atoms with Gasteiger partial charge in [-0.2, -0.15) is 0 Å². The largest absolute Gasteiger partial charge is 0.494 e. The van der Waals surface area contributed by atoms with Gasteiger partial charge in [0.1, 0.15) is 5.75 Å². The van der Waals surface area contributed by atoms with Crippen molar-refractivity contribution in [1.82, 2.24) is 0 Å². The summed E-state index contributed by atoms with van der Waals surface area (Å²) in [5, 5.41) is 0. The number of halogens is 1. The van der Waals surface area contributed by atoms with Crippen LogP contribution in [-0.2, 0) is 17.8 Å². The maximum absolute atomic E-state index is 12.6. The van der Waals surface area contributed by atoms with E-state index >= 15 is 0 Å². The fourth-order valence-corrected chi connectivity index (χ4v) is 5.93. The number of carbonyl (C=O) groups is 1. The highest BCUT2D eigenvalue weighted by Gasteiger charge is 2.28. The summed E-state index contributed by atoms with van der Waals surface area (Å²) in [5.41, 5.74) is 4.70. The normalized spacial score (nSPS) is 15.9. The lowest BCUT2D eigenvalue weighted by Crippen LogP contribution is -2.28. The highest BCUT2D eigenvalue weighted by atomic mass is 79.9. The zero-order chi connectivity index (χ0) is 30.8. The van der Waals surface area contributed by atoms with Gasteiger partial charge in [0.05, 0.1) is 13.2 Å². The Balaban J connectivity index is 0.00000675. The van der Waals surface area contributed by atoms with Crippen molar-refractivity contribution in [3.05, 3.63) is 71.3 Å². The Morgan fingerprint density at radius 3 is 1.84 bits per heavy atom. The molecule has 1 unspecified atom stereocenters. The molecular weight excluding hydrogens is 608 g/mol. The molecular formula is C39H59BrN2O2. The van der Waals surface area contributed by atoms with Crippen molar-refractivity contribution in [2.24, 2.45) is 10.4 Å². The van der Waals surface area contributed by atoms with Crippen molar-refractivity contribution in [2.75, 3.05) is 18.1 Å². The second kappa shape index (κ2) is 21.4. The van der Waals surface area contributed by atoms with Gasteiger partial charge in [-0.15, -0.1) is 17.0 Å². The summed E-state index contributed by atoms with van der Waals surface area (Å²) >= 11 is 0. The smallest absolute Gasteiger partial charge is 0.224 e. The van der Waals surface area contributed by atoms with E-state index in [4.69, 9.17) is 4.74 Å². The van der Waals surface area contributed by atoms with Gasteiger partial charge in [0.25, 0.3) is 0 Å². The van der Waals surface area contributed by atoms with Crippen LogP contribution in [-0.4, -0.2) is 25.3 Å². The zero-order valence-corrected chi connectivity index (χ0v) is 29.8. The van der Waals surface area contributed by atoms with Gasteiger partial charge in [0.2, 0.25) is 5.91 Å². The third kappa shape index (κ3) is 13.7. The molecule has 5 heteroatoms. The molecule has 0 aromatic heterocycles. The second-order valence-electron chi connectivity index (χ2n) is 12.9. The van der Waals surface area contributed by atoms with Gasteiger partial charge < -0.3 is 9.64 Å². The van der Waals surface area contributed by atoms with Crippen molar-refractivity contribution in [3.63, 3.8) is 0 Å². The number of aliphatic imine (C=N–C) groups is 1. The van der Waals surface area contributed by atoms with E-state index in [0.29, 0.717) is 6.54 Å². The molecule has 1 atom stereocenters. The van der Waals surface area contributed by atoms with Crippen LogP contribution >= 0.6 is 17.0 Å². The van der Waals surface area contributed by atoms with E-state index in [-0.39, 0.29) is 28.3 Å². The number of ether oxygens (including phenoxy) is 1. The van der Waals surface area contributed by atoms with Crippen molar-refractivity contribution in [3.8, 4) is 5.75 Å². The van der Waals surface area contributed by atoms with Crippen LogP contribution in [0.15, 0.2) is 65.2 Å². The number of benzene rings is 2. The lowest BCUT2D eigenvalue weighted by atomic mass is 9.76. The molecule has 1 heterocycles. The maximum atomic E-state index is 12.6. The molecule has 1 aliphatic heterocycles. The van der Waals surface area contributed by atoms with Gasteiger partial charge in [-0.05, 0) is 61.2 Å². The summed E-state index contributed by atoms with van der Waals surface area (Å²) in [4.78, 5) is 18.9. The first-order valence-electron chi connectivity index (χ1n) is 17.2. The molecule has 0 saturated carbocycles. The molecule has 3 rings (SSSR count). The van der Waals surface area contributed by atoms with Crippen molar-refractivity contribution in [1.29, 1.82) is 0 Å².